The van der Waals surface area contributed by atoms with Crippen molar-refractivity contribution in [3.8, 4) is 5.75 Å². The van der Waals surface area contributed by atoms with Crippen molar-refractivity contribution < 1.29 is 14.3 Å². The Kier molecular flexibility index (Phi) is 3.85. The number of aldehydes is 1. The highest BCUT2D eigenvalue weighted by molar-refractivity contribution is 6.33. The molecule has 0 saturated carbocycles. The van der Waals surface area contributed by atoms with Crippen LogP contribution in [0, 0.1) is 0 Å². The third kappa shape index (κ3) is 2.69. The lowest BCUT2D eigenvalue weighted by atomic mass is 10.1. The Balaban J connectivity index is 2.78. The minimum Gasteiger partial charge on any atom is -0.494 e. The minimum atomic E-state index is -0.521. The first kappa shape index (κ1) is 10.4. The average molecular weight is 192 g/mol. The van der Waals surface area contributed by atoms with Gasteiger partial charge in [0.1, 0.15) is 5.75 Å². The van der Waals surface area contributed by atoms with E-state index in [-0.39, 0.29) is 0 Å². The van der Waals surface area contributed by atoms with Crippen LogP contribution in [0.5, 0.6) is 5.75 Å². The molecule has 0 aliphatic heterocycles. The lowest BCUT2D eigenvalue weighted by Gasteiger charge is -2.04. The molecule has 1 rings (SSSR count). The molecule has 0 aliphatic carbocycles. The maximum atomic E-state index is 11.0. The molecule has 3 heteroatoms. The summed E-state index contributed by atoms with van der Waals surface area (Å²) in [5, 5.41) is 0. The van der Waals surface area contributed by atoms with Crippen molar-refractivity contribution in [2.75, 3.05) is 6.61 Å². The second-order valence-electron chi connectivity index (χ2n) is 2.86. The molecule has 0 heterocycles. The highest BCUT2D eigenvalue weighted by atomic mass is 16.5. The highest BCUT2D eigenvalue weighted by Gasteiger charge is 2.04. The third-order valence-corrected chi connectivity index (χ3v) is 1.70. The molecular formula is C11H12O3. The van der Waals surface area contributed by atoms with E-state index in [9.17, 15) is 9.59 Å². The SMILES string of the molecule is CCCOc1cccc(C(=O)C=O)c1. The fraction of sp³-hybridized carbons (Fsp3) is 0.273. The van der Waals surface area contributed by atoms with Gasteiger partial charge in [0, 0.05) is 5.56 Å². The summed E-state index contributed by atoms with van der Waals surface area (Å²) in [5.41, 5.74) is 0.369. The first-order valence-corrected chi connectivity index (χ1v) is 4.50. The zero-order valence-electron chi connectivity index (χ0n) is 8.03. The van der Waals surface area contributed by atoms with E-state index >= 15 is 0 Å². The Morgan fingerprint density at radius 1 is 1.50 bits per heavy atom. The Bertz CT molecular complexity index is 331. The monoisotopic (exact) mass is 192 g/mol. The lowest BCUT2D eigenvalue weighted by Crippen LogP contribution is -2.01. The van der Waals surface area contributed by atoms with Crippen LogP contribution in [-0.4, -0.2) is 18.7 Å². The fourth-order valence-electron chi connectivity index (χ4n) is 1.03. The van der Waals surface area contributed by atoms with E-state index in [2.05, 4.69) is 0 Å². The van der Waals surface area contributed by atoms with E-state index in [1.807, 2.05) is 6.92 Å². The number of rotatable bonds is 5. The number of ketones is 1. The maximum absolute atomic E-state index is 11.0. The Morgan fingerprint density at radius 2 is 2.29 bits per heavy atom. The summed E-state index contributed by atoms with van der Waals surface area (Å²) in [6.07, 6.45) is 1.21. The van der Waals surface area contributed by atoms with Crippen molar-refractivity contribution in [1.29, 1.82) is 0 Å². The summed E-state index contributed by atoms with van der Waals surface area (Å²) in [5.74, 6) is 0.103. The van der Waals surface area contributed by atoms with Gasteiger partial charge in [-0.3, -0.25) is 9.59 Å². The molecule has 3 nitrogen and oxygen atoms in total. The van der Waals surface area contributed by atoms with Gasteiger partial charge in [-0.05, 0) is 18.6 Å². The number of carbonyl (C=O) groups is 2. The zero-order chi connectivity index (χ0) is 10.4. The molecular weight excluding hydrogens is 180 g/mol. The van der Waals surface area contributed by atoms with Crippen LogP contribution in [-0.2, 0) is 4.79 Å². The molecule has 0 bridgehead atoms. The Hall–Kier alpha value is -1.64. The number of hydrogen-bond acceptors (Lipinski definition) is 3. The van der Waals surface area contributed by atoms with Gasteiger partial charge >= 0.3 is 0 Å². The minimum absolute atomic E-state index is 0.304. The predicted octanol–water partition coefficient (Wildman–Crippen LogP) is 1.86. The van der Waals surface area contributed by atoms with E-state index in [0.29, 0.717) is 24.2 Å². The zero-order valence-corrected chi connectivity index (χ0v) is 8.03. The summed E-state index contributed by atoms with van der Waals surface area (Å²) in [6.45, 7) is 2.61. The summed E-state index contributed by atoms with van der Waals surface area (Å²) in [4.78, 5) is 21.3. The van der Waals surface area contributed by atoms with Crippen LogP contribution >= 0.6 is 0 Å². The van der Waals surface area contributed by atoms with Gasteiger partial charge < -0.3 is 4.74 Å². The van der Waals surface area contributed by atoms with Gasteiger partial charge in [-0.1, -0.05) is 19.1 Å². The van der Waals surface area contributed by atoms with Gasteiger partial charge in [-0.25, -0.2) is 0 Å². The first-order valence-electron chi connectivity index (χ1n) is 4.50. The van der Waals surface area contributed by atoms with E-state index in [0.717, 1.165) is 6.42 Å². The van der Waals surface area contributed by atoms with Crippen molar-refractivity contribution in [2.24, 2.45) is 0 Å². The second-order valence-corrected chi connectivity index (χ2v) is 2.86. The number of benzene rings is 1. The van der Waals surface area contributed by atoms with Gasteiger partial charge in [0.2, 0.25) is 5.78 Å². The lowest BCUT2D eigenvalue weighted by molar-refractivity contribution is -0.104. The van der Waals surface area contributed by atoms with Gasteiger partial charge in [-0.2, -0.15) is 0 Å². The van der Waals surface area contributed by atoms with E-state index in [4.69, 9.17) is 4.74 Å². The highest BCUT2D eigenvalue weighted by Crippen LogP contribution is 2.13. The van der Waals surface area contributed by atoms with E-state index in [1.165, 1.54) is 0 Å². The van der Waals surface area contributed by atoms with Gasteiger partial charge in [-0.15, -0.1) is 0 Å². The molecule has 74 valence electrons. The number of ether oxygens (including phenoxy) is 1. The van der Waals surface area contributed by atoms with Crippen LogP contribution in [0.1, 0.15) is 23.7 Å². The fourth-order valence-corrected chi connectivity index (χ4v) is 1.03. The third-order valence-electron chi connectivity index (χ3n) is 1.70. The first-order chi connectivity index (χ1) is 6.77. The molecule has 0 amide bonds. The van der Waals surface area contributed by atoms with Crippen LogP contribution in [0.25, 0.3) is 0 Å². The maximum Gasteiger partial charge on any atom is 0.225 e. The predicted molar refractivity (Wildman–Crippen MR) is 52.6 cm³/mol. The van der Waals surface area contributed by atoms with Crippen molar-refractivity contribution >= 4 is 12.1 Å². The van der Waals surface area contributed by atoms with Crippen molar-refractivity contribution in [1.82, 2.24) is 0 Å². The molecule has 0 N–H and O–H groups in total. The number of hydrogen-bond donors (Lipinski definition) is 0. The van der Waals surface area contributed by atoms with Gasteiger partial charge in [0.05, 0.1) is 6.61 Å². The molecule has 0 radical (unpaired) electrons. The van der Waals surface area contributed by atoms with E-state index in [1.54, 1.807) is 24.3 Å². The van der Waals surface area contributed by atoms with Crippen molar-refractivity contribution in [2.45, 2.75) is 13.3 Å². The molecule has 0 aromatic heterocycles. The van der Waals surface area contributed by atoms with Gasteiger partial charge in [0.15, 0.2) is 6.29 Å². The molecule has 1 aromatic carbocycles. The molecule has 0 atom stereocenters. The quantitative estimate of drug-likeness (QED) is 0.406. The van der Waals surface area contributed by atoms with Crippen molar-refractivity contribution in [3.63, 3.8) is 0 Å². The summed E-state index contributed by atoms with van der Waals surface area (Å²) < 4.78 is 5.32. The smallest absolute Gasteiger partial charge is 0.225 e. The average Bonchev–Trinajstić information content (AvgIpc) is 2.25. The summed E-state index contributed by atoms with van der Waals surface area (Å²) in [6, 6.07) is 6.63. The number of Topliss-reactive ketones (excluding diaryl/α,β-unsaturated/α-hetero) is 1. The molecule has 1 aromatic rings. The van der Waals surface area contributed by atoms with Crippen molar-refractivity contribution in [3.05, 3.63) is 29.8 Å². The Morgan fingerprint density at radius 3 is 2.93 bits per heavy atom. The molecule has 0 unspecified atom stereocenters. The summed E-state index contributed by atoms with van der Waals surface area (Å²) >= 11 is 0. The Labute approximate surface area is 82.7 Å². The van der Waals surface area contributed by atoms with Crippen LogP contribution in [0.15, 0.2) is 24.3 Å². The molecule has 14 heavy (non-hydrogen) atoms. The van der Waals surface area contributed by atoms with Crippen LogP contribution in [0.3, 0.4) is 0 Å². The molecule has 0 aliphatic rings. The standard InChI is InChI=1S/C11H12O3/c1-2-6-14-10-5-3-4-9(7-10)11(13)8-12/h3-5,7-8H,2,6H2,1H3. The van der Waals surface area contributed by atoms with Crippen LogP contribution < -0.4 is 4.74 Å². The largest absolute Gasteiger partial charge is 0.494 e. The molecule has 0 fully saturated rings. The van der Waals surface area contributed by atoms with Crippen LogP contribution in [0.2, 0.25) is 0 Å². The molecule has 0 spiro atoms. The normalized spacial score (nSPS) is 9.50. The number of carbonyl (C=O) groups excluding carboxylic acids is 2. The van der Waals surface area contributed by atoms with Gasteiger partial charge in [0.25, 0.3) is 0 Å². The second kappa shape index (κ2) is 5.17. The topological polar surface area (TPSA) is 43.4 Å². The van der Waals surface area contributed by atoms with Crippen LogP contribution in [0.4, 0.5) is 0 Å². The molecule has 0 saturated heterocycles. The van der Waals surface area contributed by atoms with E-state index < -0.39 is 5.78 Å². The summed E-state index contributed by atoms with van der Waals surface area (Å²) in [7, 11) is 0.